The molecule has 7 rings (SSSR count). The van der Waals surface area contributed by atoms with E-state index in [0.717, 1.165) is 23.5 Å². The predicted octanol–water partition coefficient (Wildman–Crippen LogP) is -2.69. The van der Waals surface area contributed by atoms with Crippen LogP contribution in [-0.4, -0.2) is 108 Å². The van der Waals surface area contributed by atoms with Crippen LogP contribution in [0.25, 0.3) is 22.3 Å². The first-order chi connectivity index (χ1) is 21.9. The number of imidazole rings is 2. The summed E-state index contributed by atoms with van der Waals surface area (Å²) in [6, 6.07) is -1.37. The number of aliphatic hydroxyl groups is 1. The van der Waals surface area contributed by atoms with Crippen LogP contribution in [0.15, 0.2) is 28.6 Å². The van der Waals surface area contributed by atoms with Crippen LogP contribution >= 0.6 is 7.82 Å². The van der Waals surface area contributed by atoms with Crippen LogP contribution < -0.4 is 21.6 Å². The van der Waals surface area contributed by atoms with Crippen molar-refractivity contribution in [2.45, 2.75) is 43.0 Å². The van der Waals surface area contributed by atoms with Gasteiger partial charge in [0.25, 0.3) is 11.1 Å². The van der Waals surface area contributed by atoms with Gasteiger partial charge in [0.2, 0.25) is 5.95 Å². The molecule has 25 heteroatoms. The third kappa shape index (κ3) is 5.30. The summed E-state index contributed by atoms with van der Waals surface area (Å²) in [6.45, 7) is -2.42. The smallest absolute Gasteiger partial charge is 0.396 e. The molecule has 0 aromatic carbocycles. The van der Waals surface area contributed by atoms with Crippen LogP contribution in [0.2, 0.25) is 0 Å². The van der Waals surface area contributed by atoms with Gasteiger partial charge < -0.3 is 30.2 Å². The number of aromatic amines is 2. The first-order valence-corrected chi connectivity index (χ1v) is 16.3. The molecule has 3 fully saturated rings. The molecule has 3 saturated heterocycles. The zero-order chi connectivity index (χ0) is 32.5. The zero-order valence-corrected chi connectivity index (χ0v) is 24.7. The van der Waals surface area contributed by atoms with Crippen molar-refractivity contribution < 1.29 is 50.1 Å². The highest BCUT2D eigenvalue weighted by Gasteiger charge is 2.53. The van der Waals surface area contributed by atoms with Gasteiger partial charge in [-0.05, 0) is 0 Å². The molecule has 0 aliphatic carbocycles. The Balaban J connectivity index is 1.23. The summed E-state index contributed by atoms with van der Waals surface area (Å²) in [5, 5.41) is 10.2. The SMILES string of the molecule is Nc1nc2c(ncn2[C@@H]2O[C@@H]3COP(=O)(O)O[C@H]4[C@@H](F)[C@H](n5cnc6c(=O)[nH]cnc65)O[C@@H]4COS(=O)(=O)N[C@@H]2[C@@H]3CO)c(=O)[nH]1. The Morgan fingerprint density at radius 2 is 1.74 bits per heavy atom. The maximum Gasteiger partial charge on any atom is 0.472 e. The highest BCUT2D eigenvalue weighted by molar-refractivity contribution is 7.84. The summed E-state index contributed by atoms with van der Waals surface area (Å²) in [5.74, 6) is -1.42. The average molecular weight is 691 g/mol. The van der Waals surface area contributed by atoms with Crippen molar-refractivity contribution in [3.63, 3.8) is 0 Å². The Bertz CT molecular complexity index is 2090. The van der Waals surface area contributed by atoms with Crippen molar-refractivity contribution >= 4 is 46.4 Å². The minimum absolute atomic E-state index is 0.0936. The van der Waals surface area contributed by atoms with Crippen LogP contribution in [0.1, 0.15) is 12.5 Å². The summed E-state index contributed by atoms with van der Waals surface area (Å²) in [7, 11) is -9.93. The van der Waals surface area contributed by atoms with E-state index < -0.39 is 98.0 Å². The molecule has 2 bridgehead atoms. The van der Waals surface area contributed by atoms with E-state index in [9.17, 15) is 32.6 Å². The summed E-state index contributed by atoms with van der Waals surface area (Å²) in [6.07, 6.45) is -6.89. The molecule has 9 atom stereocenters. The number of halogens is 1. The first kappa shape index (κ1) is 30.9. The largest absolute Gasteiger partial charge is 0.472 e. The molecular formula is C21H24FN10O12PS. The number of fused-ring (bicyclic) bond motifs is 5. The lowest BCUT2D eigenvalue weighted by molar-refractivity contribution is -0.0504. The highest BCUT2D eigenvalue weighted by Crippen LogP contribution is 2.50. The van der Waals surface area contributed by atoms with Gasteiger partial charge in [0.1, 0.15) is 12.2 Å². The number of hydrogen-bond donors (Lipinski definition) is 6. The minimum atomic E-state index is -5.15. The Hall–Kier alpha value is -3.71. The van der Waals surface area contributed by atoms with Gasteiger partial charge >= 0.3 is 18.1 Å². The fraction of sp³-hybridized carbons (Fsp3) is 0.524. The molecule has 46 heavy (non-hydrogen) atoms. The molecule has 4 aromatic rings. The summed E-state index contributed by atoms with van der Waals surface area (Å²) in [4.78, 5) is 55.5. The lowest BCUT2D eigenvalue weighted by Gasteiger charge is -2.24. The number of rotatable bonds is 3. The number of nitrogen functional groups attached to an aromatic ring is 1. The quantitative estimate of drug-likeness (QED) is 0.119. The number of nitrogens with two attached hydrogens (primary N) is 1. The molecule has 3 aliphatic heterocycles. The van der Waals surface area contributed by atoms with Gasteiger partial charge in [-0.1, -0.05) is 0 Å². The minimum Gasteiger partial charge on any atom is -0.396 e. The van der Waals surface area contributed by atoms with E-state index in [1.54, 1.807) is 0 Å². The standard InChI is InChI=1S/C21H24FN10O12PS/c22-10-14-9(43-19(10)31-5-26-12-15(31)24-4-25-17(12)34)3-41-46(38,39)30-11-7(1-33)8(2-40-45(36,37)44-14)42-20(11)32-6-27-13-16(32)28-21(23)29-18(13)35/h4-11,14,19-20,30,33H,1-3H2,(H,36,37)(H,24,25,34)(H3,23,28,29,35)/t7-,8-,9-,10-,11-,14-,19-,20-/m1/s1. The first-order valence-electron chi connectivity index (χ1n) is 13.4. The monoisotopic (exact) mass is 690 g/mol. The van der Waals surface area contributed by atoms with E-state index in [1.807, 2.05) is 0 Å². The maximum atomic E-state index is 15.9. The Morgan fingerprint density at radius 1 is 1.04 bits per heavy atom. The van der Waals surface area contributed by atoms with Gasteiger partial charge in [-0.25, -0.2) is 23.9 Å². The van der Waals surface area contributed by atoms with E-state index >= 15 is 4.39 Å². The molecule has 0 radical (unpaired) electrons. The number of nitrogens with one attached hydrogen (secondary N) is 3. The molecule has 7 heterocycles. The molecule has 3 aliphatic rings. The van der Waals surface area contributed by atoms with E-state index in [1.165, 1.54) is 4.57 Å². The second-order valence-electron chi connectivity index (χ2n) is 10.5. The van der Waals surface area contributed by atoms with Gasteiger partial charge in [-0.2, -0.15) is 18.1 Å². The number of H-pyrrole nitrogens is 2. The fourth-order valence-corrected chi connectivity index (χ4v) is 7.61. The average Bonchev–Trinajstić information content (AvgIpc) is 3.75. The second-order valence-corrected chi connectivity index (χ2v) is 13.3. The lowest BCUT2D eigenvalue weighted by Crippen LogP contribution is -2.46. The summed E-state index contributed by atoms with van der Waals surface area (Å²) >= 11 is 0. The van der Waals surface area contributed by atoms with Crippen molar-refractivity contribution in [1.29, 1.82) is 0 Å². The van der Waals surface area contributed by atoms with E-state index in [-0.39, 0.29) is 28.3 Å². The normalized spacial score (nSPS) is 35.0. The molecule has 0 amide bonds. The van der Waals surface area contributed by atoms with Crippen LogP contribution in [0.5, 0.6) is 0 Å². The second kappa shape index (κ2) is 11.2. The molecule has 248 valence electrons. The van der Waals surface area contributed by atoms with Crippen LogP contribution in [-0.2, 0) is 37.6 Å². The van der Waals surface area contributed by atoms with Gasteiger partial charge in [0.05, 0.1) is 50.9 Å². The van der Waals surface area contributed by atoms with Gasteiger partial charge in [-0.15, -0.1) is 0 Å². The number of nitrogens with zero attached hydrogens (tertiary/aromatic N) is 6. The van der Waals surface area contributed by atoms with Gasteiger partial charge in [-0.3, -0.25) is 36.9 Å². The lowest BCUT2D eigenvalue weighted by atomic mass is 9.98. The number of aliphatic hydroxyl groups excluding tert-OH is 1. The third-order valence-corrected chi connectivity index (χ3v) is 9.72. The number of anilines is 1. The zero-order valence-electron chi connectivity index (χ0n) is 22.9. The molecule has 0 spiro atoms. The molecule has 4 aromatic heterocycles. The van der Waals surface area contributed by atoms with Crippen molar-refractivity contribution in [1.82, 2.24) is 43.8 Å². The van der Waals surface area contributed by atoms with E-state index in [2.05, 4.69) is 34.6 Å². The molecule has 0 saturated carbocycles. The molecule has 7 N–H and O–H groups in total. The van der Waals surface area contributed by atoms with Crippen LogP contribution in [0.4, 0.5) is 10.3 Å². The van der Waals surface area contributed by atoms with Gasteiger partial charge in [0, 0.05) is 5.92 Å². The number of phosphoric ester groups is 1. The third-order valence-electron chi connectivity index (χ3n) is 7.73. The molecular weight excluding hydrogens is 666 g/mol. The number of alkyl halides is 1. The number of phosphoric acid groups is 1. The predicted molar refractivity (Wildman–Crippen MR) is 146 cm³/mol. The van der Waals surface area contributed by atoms with Crippen LogP contribution in [0.3, 0.4) is 0 Å². The number of aromatic nitrogens is 8. The number of hydrogen-bond acceptors (Lipinski definition) is 16. The Morgan fingerprint density at radius 3 is 2.48 bits per heavy atom. The summed E-state index contributed by atoms with van der Waals surface area (Å²) < 4.78 is 87.0. The summed E-state index contributed by atoms with van der Waals surface area (Å²) in [5.41, 5.74) is 3.84. The maximum absolute atomic E-state index is 15.9. The van der Waals surface area contributed by atoms with Crippen molar-refractivity contribution in [2.24, 2.45) is 5.92 Å². The van der Waals surface area contributed by atoms with E-state index in [0.29, 0.717) is 0 Å². The van der Waals surface area contributed by atoms with Crippen LogP contribution in [0, 0.1) is 5.92 Å². The van der Waals surface area contributed by atoms with Crippen molar-refractivity contribution in [2.75, 3.05) is 25.6 Å². The fourth-order valence-electron chi connectivity index (χ4n) is 5.65. The Kier molecular flexibility index (Phi) is 7.54. The topological polar surface area (TPSA) is 303 Å². The van der Waals surface area contributed by atoms with Crippen molar-refractivity contribution in [3.05, 3.63) is 39.7 Å². The van der Waals surface area contributed by atoms with E-state index in [4.69, 9.17) is 28.4 Å². The van der Waals surface area contributed by atoms with Gasteiger partial charge in [0.15, 0.2) is 41.0 Å². The molecule has 22 nitrogen and oxygen atoms in total. The Labute approximate surface area is 254 Å². The molecule has 1 unspecified atom stereocenters. The highest BCUT2D eigenvalue weighted by atomic mass is 32.2. The van der Waals surface area contributed by atoms with Crippen molar-refractivity contribution in [3.8, 4) is 0 Å². The number of ether oxygens (including phenoxy) is 2.